The van der Waals surface area contributed by atoms with Crippen LogP contribution in [0, 0.1) is 6.92 Å². The lowest BCUT2D eigenvalue weighted by atomic mass is 10.1. The number of carbonyl (C=O) groups is 1. The van der Waals surface area contributed by atoms with Crippen LogP contribution in [-0.4, -0.2) is 69.3 Å². The number of carbonyl (C=O) groups excluding carboxylic acids is 1. The topological polar surface area (TPSA) is 73.0 Å². The molecule has 0 spiro atoms. The highest BCUT2D eigenvalue weighted by Gasteiger charge is 2.23. The minimum atomic E-state index is -3.62. The number of aryl methyl sites for hydroxylation is 1. The molecule has 1 fully saturated rings. The van der Waals surface area contributed by atoms with Crippen LogP contribution in [-0.2, 0) is 10.0 Å². The van der Waals surface area contributed by atoms with E-state index < -0.39 is 10.0 Å². The number of benzene rings is 2. The Morgan fingerprint density at radius 1 is 1.00 bits per heavy atom. The molecule has 2 aromatic carbocycles. The van der Waals surface area contributed by atoms with Crippen LogP contribution in [0.25, 0.3) is 0 Å². The van der Waals surface area contributed by atoms with Crippen LogP contribution in [0.15, 0.2) is 47.4 Å². The molecule has 1 aliphatic heterocycles. The molecule has 0 radical (unpaired) electrons. The Hall–Kier alpha value is -2.42. The summed E-state index contributed by atoms with van der Waals surface area (Å²) in [5.74, 6) is -0.328. The third kappa shape index (κ3) is 5.31. The Morgan fingerprint density at radius 3 is 2.28 bits per heavy atom. The lowest BCUT2D eigenvalue weighted by molar-refractivity contribution is 0.102. The van der Waals surface area contributed by atoms with Gasteiger partial charge >= 0.3 is 0 Å². The zero-order valence-electron chi connectivity index (χ0n) is 19.5. The molecule has 0 saturated carbocycles. The summed E-state index contributed by atoms with van der Waals surface area (Å²) < 4.78 is 27.0. The van der Waals surface area contributed by atoms with Gasteiger partial charge in [-0.1, -0.05) is 26.8 Å². The van der Waals surface area contributed by atoms with Crippen molar-refractivity contribution in [2.45, 2.75) is 32.6 Å². The number of nitrogens with one attached hydrogen (secondary N) is 1. The van der Waals surface area contributed by atoms with Gasteiger partial charge in [-0.3, -0.25) is 4.79 Å². The van der Waals surface area contributed by atoms with Gasteiger partial charge in [0, 0.05) is 56.2 Å². The Bertz CT molecular complexity index is 1040. The van der Waals surface area contributed by atoms with Gasteiger partial charge < -0.3 is 15.1 Å². The zero-order chi connectivity index (χ0) is 23.3. The summed E-state index contributed by atoms with van der Waals surface area (Å²) in [7, 11) is -3.62. The first-order valence-corrected chi connectivity index (χ1v) is 12.7. The fourth-order valence-corrected chi connectivity index (χ4v) is 5.61. The van der Waals surface area contributed by atoms with Crippen LogP contribution >= 0.6 is 0 Å². The van der Waals surface area contributed by atoms with Crippen molar-refractivity contribution in [2.24, 2.45) is 0 Å². The van der Waals surface area contributed by atoms with Gasteiger partial charge in [-0.2, -0.15) is 4.31 Å². The summed E-state index contributed by atoms with van der Waals surface area (Å²) in [4.78, 5) is 17.8. The normalized spacial score (nSPS) is 15.2. The van der Waals surface area contributed by atoms with Gasteiger partial charge in [0.05, 0.1) is 4.90 Å². The molecular weight excluding hydrogens is 424 g/mol. The van der Waals surface area contributed by atoms with Gasteiger partial charge in [0.1, 0.15) is 0 Å². The van der Waals surface area contributed by atoms with Crippen molar-refractivity contribution in [2.75, 3.05) is 56.0 Å². The van der Waals surface area contributed by atoms with Crippen LogP contribution in [0.5, 0.6) is 0 Å². The third-order valence-electron chi connectivity index (χ3n) is 6.05. The van der Waals surface area contributed by atoms with Crippen LogP contribution in [0.3, 0.4) is 0 Å². The predicted octanol–water partition coefficient (Wildman–Crippen LogP) is 3.42. The van der Waals surface area contributed by atoms with Crippen molar-refractivity contribution in [3.05, 3.63) is 53.6 Å². The first-order chi connectivity index (χ1) is 15.3. The molecule has 1 N–H and O–H groups in total. The maximum Gasteiger partial charge on any atom is 0.255 e. The van der Waals surface area contributed by atoms with Crippen LogP contribution in [0.1, 0.15) is 36.7 Å². The molecule has 1 amide bonds. The molecule has 8 heteroatoms. The summed E-state index contributed by atoms with van der Waals surface area (Å²) in [6.45, 7) is 13.8. The number of hydrogen-bond acceptors (Lipinski definition) is 5. The van der Waals surface area contributed by atoms with Crippen LogP contribution in [0.2, 0.25) is 0 Å². The largest absolute Gasteiger partial charge is 0.369 e. The smallest absolute Gasteiger partial charge is 0.255 e. The third-order valence-corrected chi connectivity index (χ3v) is 8.10. The van der Waals surface area contributed by atoms with Crippen LogP contribution < -0.4 is 10.2 Å². The number of anilines is 2. The molecule has 0 unspecified atom stereocenters. The second-order valence-corrected chi connectivity index (χ2v) is 9.93. The maximum absolute atomic E-state index is 12.8. The number of rotatable bonds is 8. The average Bonchev–Trinajstić information content (AvgIpc) is 2.80. The number of likely N-dealkylation sites (N-methyl/N-ethyl adjacent to an activating group) is 1. The monoisotopic (exact) mass is 458 g/mol. The molecule has 174 valence electrons. The van der Waals surface area contributed by atoms with E-state index in [0.717, 1.165) is 38.3 Å². The summed E-state index contributed by atoms with van der Waals surface area (Å²) in [5.41, 5.74) is 3.30. The van der Waals surface area contributed by atoms with E-state index in [1.54, 1.807) is 26.0 Å². The van der Waals surface area contributed by atoms with Gasteiger partial charge in [-0.25, -0.2) is 8.42 Å². The minimum Gasteiger partial charge on any atom is -0.369 e. The quantitative estimate of drug-likeness (QED) is 0.656. The molecule has 2 aromatic rings. The standard InChI is InChI=1S/C24H34N4O3S/c1-5-26-13-15-27(16-14-26)23-12-11-21(17-19(23)4)25-24(29)20-9-8-10-22(18-20)32(30,31)28(6-2)7-3/h8-12,17-18H,5-7,13-16H2,1-4H3,(H,25,29). The van der Waals surface area contributed by atoms with Crippen molar-refractivity contribution in [1.82, 2.24) is 9.21 Å². The van der Waals surface area contributed by atoms with Crippen molar-refractivity contribution >= 4 is 27.3 Å². The predicted molar refractivity (Wildman–Crippen MR) is 130 cm³/mol. The first kappa shape index (κ1) is 24.2. The zero-order valence-corrected chi connectivity index (χ0v) is 20.3. The van der Waals surface area contributed by atoms with Gasteiger partial charge in [0.25, 0.3) is 5.91 Å². The molecule has 0 atom stereocenters. The van der Waals surface area contributed by atoms with E-state index in [9.17, 15) is 13.2 Å². The minimum absolute atomic E-state index is 0.131. The molecule has 1 aliphatic rings. The summed E-state index contributed by atoms with van der Waals surface area (Å²) in [6, 6.07) is 12.1. The Labute approximate surface area is 192 Å². The van der Waals surface area contributed by atoms with Gasteiger partial charge in [-0.05, 0) is 55.4 Å². The van der Waals surface area contributed by atoms with E-state index in [1.807, 2.05) is 18.2 Å². The van der Waals surface area contributed by atoms with Gasteiger partial charge in [0.15, 0.2) is 0 Å². The van der Waals surface area contributed by atoms with E-state index in [1.165, 1.54) is 22.1 Å². The lowest BCUT2D eigenvalue weighted by Gasteiger charge is -2.36. The fourth-order valence-electron chi connectivity index (χ4n) is 4.11. The lowest BCUT2D eigenvalue weighted by Crippen LogP contribution is -2.46. The Morgan fingerprint density at radius 2 is 1.69 bits per heavy atom. The summed E-state index contributed by atoms with van der Waals surface area (Å²) in [6.07, 6.45) is 0. The Balaban J connectivity index is 1.73. The van der Waals surface area contributed by atoms with Gasteiger partial charge in [0.2, 0.25) is 10.0 Å². The van der Waals surface area contributed by atoms with Crippen molar-refractivity contribution in [3.8, 4) is 0 Å². The van der Waals surface area contributed by atoms with Crippen LogP contribution in [0.4, 0.5) is 11.4 Å². The highest BCUT2D eigenvalue weighted by Crippen LogP contribution is 2.25. The number of piperazine rings is 1. The molecule has 0 aliphatic carbocycles. The molecule has 3 rings (SSSR count). The second kappa shape index (κ2) is 10.5. The molecule has 7 nitrogen and oxygen atoms in total. The molecule has 1 heterocycles. The van der Waals surface area contributed by atoms with Gasteiger partial charge in [-0.15, -0.1) is 0 Å². The van der Waals surface area contributed by atoms with E-state index in [-0.39, 0.29) is 10.8 Å². The highest BCUT2D eigenvalue weighted by atomic mass is 32.2. The van der Waals surface area contributed by atoms with E-state index >= 15 is 0 Å². The van der Waals surface area contributed by atoms with Crippen molar-refractivity contribution < 1.29 is 13.2 Å². The fraction of sp³-hybridized carbons (Fsp3) is 0.458. The molecule has 1 saturated heterocycles. The number of sulfonamides is 1. The molecule has 0 aromatic heterocycles. The number of nitrogens with zero attached hydrogens (tertiary/aromatic N) is 3. The Kier molecular flexibility index (Phi) is 7.92. The highest BCUT2D eigenvalue weighted by molar-refractivity contribution is 7.89. The molecule has 32 heavy (non-hydrogen) atoms. The number of hydrogen-bond donors (Lipinski definition) is 1. The second-order valence-electron chi connectivity index (χ2n) is 7.99. The van der Waals surface area contributed by atoms with E-state index in [0.29, 0.717) is 24.3 Å². The number of amides is 1. The summed E-state index contributed by atoms with van der Waals surface area (Å²) in [5, 5.41) is 2.91. The maximum atomic E-state index is 12.8. The van der Waals surface area contributed by atoms with E-state index in [2.05, 4.69) is 29.0 Å². The SMILES string of the molecule is CCN1CCN(c2ccc(NC(=O)c3cccc(S(=O)(=O)N(CC)CC)c3)cc2C)CC1. The molecular formula is C24H34N4O3S. The first-order valence-electron chi connectivity index (χ1n) is 11.3. The van der Waals surface area contributed by atoms with Crippen molar-refractivity contribution in [3.63, 3.8) is 0 Å². The summed E-state index contributed by atoms with van der Waals surface area (Å²) >= 11 is 0. The van der Waals surface area contributed by atoms with E-state index in [4.69, 9.17) is 0 Å². The average molecular weight is 459 g/mol. The molecule has 0 bridgehead atoms. The van der Waals surface area contributed by atoms with Crippen molar-refractivity contribution in [1.29, 1.82) is 0 Å².